The molecule has 0 saturated heterocycles. The molecule has 120 valence electrons. The van der Waals surface area contributed by atoms with Crippen LogP contribution in [0, 0.1) is 6.92 Å². The fourth-order valence-electron chi connectivity index (χ4n) is 2.39. The number of aromatic nitrogens is 1. The fourth-order valence-corrected chi connectivity index (χ4v) is 2.39. The first kappa shape index (κ1) is 16.6. The molecule has 2 aromatic rings. The summed E-state index contributed by atoms with van der Waals surface area (Å²) in [4.78, 5) is 0. The summed E-state index contributed by atoms with van der Waals surface area (Å²) in [5, 5.41) is 7.21. The van der Waals surface area contributed by atoms with Gasteiger partial charge in [0.25, 0.3) is 0 Å². The molecule has 0 aliphatic heterocycles. The predicted octanol–water partition coefficient (Wildman–Crippen LogP) is 4.33. The Kier molecular flexibility index (Phi) is 6.46. The summed E-state index contributed by atoms with van der Waals surface area (Å²) in [6, 6.07) is 8.04. The molecule has 0 aliphatic carbocycles. The Bertz CT molecular complexity index is 561. The van der Waals surface area contributed by atoms with Crippen molar-refractivity contribution in [3.05, 3.63) is 35.5 Å². The molecule has 22 heavy (non-hydrogen) atoms. The van der Waals surface area contributed by atoms with Gasteiger partial charge in [-0.3, -0.25) is 0 Å². The summed E-state index contributed by atoms with van der Waals surface area (Å²) >= 11 is 0. The molecule has 0 bridgehead atoms. The van der Waals surface area contributed by atoms with E-state index in [2.05, 4.69) is 17.4 Å². The van der Waals surface area contributed by atoms with Gasteiger partial charge in [0.05, 0.1) is 6.61 Å². The highest BCUT2D eigenvalue weighted by Gasteiger charge is 2.13. The smallest absolute Gasteiger partial charge is 0.170 e. The molecule has 2 rings (SSSR count). The molecule has 0 fully saturated rings. The lowest BCUT2D eigenvalue weighted by Crippen LogP contribution is -2.06. The standard InChI is InChI=1S/C18H26N2O2/c1-4-5-6-7-12-21-16-10-8-15(9-11-16)18-14(2)17(13-19-3)20-22-18/h8-11,19H,4-7,12-13H2,1-3H3. The van der Waals surface area contributed by atoms with Crippen LogP contribution in [0.5, 0.6) is 5.75 Å². The molecule has 0 unspecified atom stereocenters. The summed E-state index contributed by atoms with van der Waals surface area (Å²) in [6.45, 7) is 5.75. The van der Waals surface area contributed by atoms with E-state index in [1.165, 1.54) is 19.3 Å². The zero-order valence-corrected chi connectivity index (χ0v) is 13.8. The van der Waals surface area contributed by atoms with Crippen LogP contribution >= 0.6 is 0 Å². The molecule has 1 aromatic carbocycles. The molecular formula is C18H26N2O2. The van der Waals surface area contributed by atoms with Crippen LogP contribution in [-0.4, -0.2) is 18.8 Å². The van der Waals surface area contributed by atoms with Crippen LogP contribution in [0.3, 0.4) is 0 Å². The average molecular weight is 302 g/mol. The molecule has 0 amide bonds. The van der Waals surface area contributed by atoms with E-state index in [4.69, 9.17) is 9.26 Å². The van der Waals surface area contributed by atoms with Gasteiger partial charge in [0.2, 0.25) is 0 Å². The van der Waals surface area contributed by atoms with Crippen molar-refractivity contribution in [2.45, 2.75) is 46.1 Å². The zero-order chi connectivity index (χ0) is 15.8. The van der Waals surface area contributed by atoms with Crippen LogP contribution in [0.4, 0.5) is 0 Å². The highest BCUT2D eigenvalue weighted by molar-refractivity contribution is 5.62. The molecule has 1 N–H and O–H groups in total. The minimum Gasteiger partial charge on any atom is -0.494 e. The monoisotopic (exact) mass is 302 g/mol. The van der Waals surface area contributed by atoms with Gasteiger partial charge in [-0.15, -0.1) is 0 Å². The van der Waals surface area contributed by atoms with Crippen molar-refractivity contribution in [2.24, 2.45) is 0 Å². The summed E-state index contributed by atoms with van der Waals surface area (Å²) in [7, 11) is 1.90. The Hall–Kier alpha value is -1.81. The van der Waals surface area contributed by atoms with E-state index in [0.29, 0.717) is 6.54 Å². The summed E-state index contributed by atoms with van der Waals surface area (Å²) in [6.07, 6.45) is 4.88. The summed E-state index contributed by atoms with van der Waals surface area (Å²) in [5.74, 6) is 1.74. The van der Waals surface area contributed by atoms with Crippen molar-refractivity contribution in [1.29, 1.82) is 0 Å². The molecule has 4 nitrogen and oxygen atoms in total. The summed E-state index contributed by atoms with van der Waals surface area (Å²) < 4.78 is 11.2. The first-order valence-corrected chi connectivity index (χ1v) is 8.09. The molecule has 0 radical (unpaired) electrons. The van der Waals surface area contributed by atoms with Crippen LogP contribution in [0.25, 0.3) is 11.3 Å². The number of rotatable bonds is 9. The predicted molar refractivity (Wildman–Crippen MR) is 89.1 cm³/mol. The minimum absolute atomic E-state index is 0.717. The Morgan fingerprint density at radius 2 is 1.91 bits per heavy atom. The van der Waals surface area contributed by atoms with E-state index < -0.39 is 0 Å². The van der Waals surface area contributed by atoms with Crippen molar-refractivity contribution in [2.75, 3.05) is 13.7 Å². The van der Waals surface area contributed by atoms with Crippen LogP contribution in [0.1, 0.15) is 43.9 Å². The quantitative estimate of drug-likeness (QED) is 0.700. The van der Waals surface area contributed by atoms with E-state index >= 15 is 0 Å². The third-order valence-corrected chi connectivity index (χ3v) is 3.75. The number of hydrogen-bond donors (Lipinski definition) is 1. The maximum absolute atomic E-state index is 5.76. The zero-order valence-electron chi connectivity index (χ0n) is 13.8. The second-order valence-electron chi connectivity index (χ2n) is 5.55. The van der Waals surface area contributed by atoms with Gasteiger partial charge in [-0.25, -0.2) is 0 Å². The molecule has 0 saturated carbocycles. The lowest BCUT2D eigenvalue weighted by molar-refractivity contribution is 0.305. The van der Waals surface area contributed by atoms with Gasteiger partial charge in [0, 0.05) is 17.7 Å². The molecule has 4 heteroatoms. The van der Waals surface area contributed by atoms with Gasteiger partial charge >= 0.3 is 0 Å². The molecule has 0 spiro atoms. The van der Waals surface area contributed by atoms with Crippen LogP contribution in [-0.2, 0) is 6.54 Å². The van der Waals surface area contributed by atoms with Crippen molar-refractivity contribution in [3.63, 3.8) is 0 Å². The molecule has 1 aromatic heterocycles. The maximum Gasteiger partial charge on any atom is 0.170 e. The number of benzene rings is 1. The third kappa shape index (κ3) is 4.34. The van der Waals surface area contributed by atoms with E-state index in [-0.39, 0.29) is 0 Å². The molecule has 0 atom stereocenters. The second-order valence-corrected chi connectivity index (χ2v) is 5.55. The number of nitrogens with zero attached hydrogens (tertiary/aromatic N) is 1. The number of ether oxygens (including phenoxy) is 1. The van der Waals surface area contributed by atoms with Crippen LogP contribution < -0.4 is 10.1 Å². The molecular weight excluding hydrogens is 276 g/mol. The summed E-state index contributed by atoms with van der Waals surface area (Å²) in [5.41, 5.74) is 3.07. The maximum atomic E-state index is 5.76. The second kappa shape index (κ2) is 8.59. The SMILES string of the molecule is CCCCCCOc1ccc(-c2onc(CNC)c2C)cc1. The highest BCUT2D eigenvalue weighted by atomic mass is 16.5. The van der Waals surface area contributed by atoms with Crippen LogP contribution in [0.15, 0.2) is 28.8 Å². The Balaban J connectivity index is 1.94. The van der Waals surface area contributed by atoms with Gasteiger partial charge in [-0.05, 0) is 44.7 Å². The first-order valence-electron chi connectivity index (χ1n) is 8.09. The average Bonchev–Trinajstić information content (AvgIpc) is 2.89. The van der Waals surface area contributed by atoms with Crippen molar-refractivity contribution >= 4 is 0 Å². The lowest BCUT2D eigenvalue weighted by atomic mass is 10.1. The van der Waals surface area contributed by atoms with Gasteiger partial charge in [0.15, 0.2) is 5.76 Å². The normalized spacial score (nSPS) is 10.9. The van der Waals surface area contributed by atoms with Crippen molar-refractivity contribution < 1.29 is 9.26 Å². The van der Waals surface area contributed by atoms with Gasteiger partial charge in [-0.2, -0.15) is 0 Å². The Morgan fingerprint density at radius 3 is 2.59 bits per heavy atom. The minimum atomic E-state index is 0.717. The first-order chi connectivity index (χ1) is 10.8. The van der Waals surface area contributed by atoms with Crippen LogP contribution in [0.2, 0.25) is 0 Å². The Labute approximate surface area is 132 Å². The van der Waals surface area contributed by atoms with E-state index in [1.54, 1.807) is 0 Å². The third-order valence-electron chi connectivity index (χ3n) is 3.75. The van der Waals surface area contributed by atoms with Crippen molar-refractivity contribution in [3.8, 4) is 17.1 Å². The van der Waals surface area contributed by atoms with Gasteiger partial charge in [0.1, 0.15) is 11.4 Å². The van der Waals surface area contributed by atoms with Crippen molar-refractivity contribution in [1.82, 2.24) is 10.5 Å². The fraction of sp³-hybridized carbons (Fsp3) is 0.500. The number of nitrogens with one attached hydrogen (secondary N) is 1. The largest absolute Gasteiger partial charge is 0.494 e. The lowest BCUT2D eigenvalue weighted by Gasteiger charge is -2.06. The van der Waals surface area contributed by atoms with E-state index in [0.717, 1.165) is 41.4 Å². The number of hydrogen-bond acceptors (Lipinski definition) is 4. The molecule has 1 heterocycles. The van der Waals surface area contributed by atoms with Gasteiger partial charge < -0.3 is 14.6 Å². The Morgan fingerprint density at radius 1 is 1.14 bits per heavy atom. The number of unbranched alkanes of at least 4 members (excludes halogenated alkanes) is 3. The van der Waals surface area contributed by atoms with Gasteiger partial charge in [-0.1, -0.05) is 31.3 Å². The van der Waals surface area contributed by atoms with E-state index in [1.807, 2.05) is 38.2 Å². The van der Waals surface area contributed by atoms with E-state index in [9.17, 15) is 0 Å². The highest BCUT2D eigenvalue weighted by Crippen LogP contribution is 2.27. The molecule has 0 aliphatic rings. The topological polar surface area (TPSA) is 47.3 Å².